The first kappa shape index (κ1) is 14.3. The highest BCUT2D eigenvalue weighted by atomic mass is 16.6. The number of carbonyl (C=O) groups is 1. The standard InChI is InChI=1S/C19H16O3/c1-12-11-14(13-7-5-4-6-8-13)9-10-15(12)16-17(20)19(2,3)22-18(16)21/h5-11H,1-3H3/p+1. The lowest BCUT2D eigenvalue weighted by Crippen LogP contribution is -2.22. The number of esters is 1. The summed E-state index contributed by atoms with van der Waals surface area (Å²) in [5.74, 6) is -0.490. The number of hydrogen-bond donors (Lipinski definition) is 1. The molecule has 1 aliphatic carbocycles. The molecule has 0 amide bonds. The highest BCUT2D eigenvalue weighted by Gasteiger charge is 2.41. The number of allylic oxidation sites excluding steroid dienone is 6. The van der Waals surface area contributed by atoms with Gasteiger partial charge in [0.15, 0.2) is 11.4 Å². The molecule has 1 N–H and O–H groups in total. The molecule has 0 aromatic heterocycles. The van der Waals surface area contributed by atoms with Gasteiger partial charge in [-0.2, -0.15) is 0 Å². The van der Waals surface area contributed by atoms with E-state index < -0.39 is 11.6 Å². The Morgan fingerprint density at radius 3 is 2.59 bits per heavy atom. The van der Waals surface area contributed by atoms with E-state index in [1.165, 1.54) is 0 Å². The lowest BCUT2D eigenvalue weighted by atomic mass is 9.93. The van der Waals surface area contributed by atoms with Crippen LogP contribution in [0, 0.1) is 13.0 Å². The van der Waals surface area contributed by atoms with Crippen molar-refractivity contribution in [3.63, 3.8) is 0 Å². The Bertz CT molecular complexity index is 774. The lowest BCUT2D eigenvalue weighted by molar-refractivity contribution is -0.143. The lowest BCUT2D eigenvalue weighted by Gasteiger charge is -2.16. The fourth-order valence-corrected chi connectivity index (χ4v) is 2.67. The van der Waals surface area contributed by atoms with Gasteiger partial charge in [-0.05, 0) is 38.0 Å². The summed E-state index contributed by atoms with van der Waals surface area (Å²) in [6.45, 7) is 5.28. The van der Waals surface area contributed by atoms with Crippen molar-refractivity contribution in [2.45, 2.75) is 26.4 Å². The number of aliphatic hydroxyl groups is 1. The van der Waals surface area contributed by atoms with Crippen LogP contribution in [-0.4, -0.2) is 16.7 Å². The third-order valence-electron chi connectivity index (χ3n) is 3.91. The molecule has 0 saturated heterocycles. The molecule has 0 atom stereocenters. The molecule has 0 bridgehead atoms. The molecule has 0 saturated carbocycles. The van der Waals surface area contributed by atoms with Gasteiger partial charge in [0.25, 0.3) is 0 Å². The molecule has 2 aliphatic rings. The predicted octanol–water partition coefficient (Wildman–Crippen LogP) is 3.91. The van der Waals surface area contributed by atoms with Crippen LogP contribution in [0.2, 0.25) is 0 Å². The molecule has 3 heteroatoms. The number of benzene rings is 1. The highest BCUT2D eigenvalue weighted by Crippen LogP contribution is 2.37. The van der Waals surface area contributed by atoms with Crippen LogP contribution in [0.3, 0.4) is 0 Å². The van der Waals surface area contributed by atoms with Gasteiger partial charge in [0.05, 0.1) is 17.7 Å². The molecule has 0 fully saturated rings. The third kappa shape index (κ3) is 2.26. The highest BCUT2D eigenvalue weighted by molar-refractivity contribution is 6.20. The first-order valence-corrected chi connectivity index (χ1v) is 7.15. The number of ether oxygens (including phenoxy) is 1. The van der Waals surface area contributed by atoms with Gasteiger partial charge in [0.2, 0.25) is 0 Å². The number of rotatable bonds is 2. The van der Waals surface area contributed by atoms with Crippen LogP contribution < -0.4 is 0 Å². The second kappa shape index (κ2) is 4.97. The summed E-state index contributed by atoms with van der Waals surface area (Å²) in [7, 11) is 0. The zero-order valence-electron chi connectivity index (χ0n) is 12.8. The number of carbonyl (C=O) groups excluding carboxylic acids is 1. The van der Waals surface area contributed by atoms with Crippen molar-refractivity contribution in [2.24, 2.45) is 0 Å². The minimum absolute atomic E-state index is 0.0114. The summed E-state index contributed by atoms with van der Waals surface area (Å²) in [5, 5.41) is 10.3. The van der Waals surface area contributed by atoms with Crippen LogP contribution in [0.5, 0.6) is 0 Å². The van der Waals surface area contributed by atoms with Gasteiger partial charge < -0.3 is 9.84 Å². The second-order valence-electron chi connectivity index (χ2n) is 5.94. The van der Waals surface area contributed by atoms with Gasteiger partial charge >= 0.3 is 5.97 Å². The van der Waals surface area contributed by atoms with Crippen molar-refractivity contribution < 1.29 is 14.6 Å². The molecule has 1 aromatic rings. The molecule has 1 heterocycles. The van der Waals surface area contributed by atoms with Crippen molar-refractivity contribution >= 4 is 17.1 Å². The molecule has 0 radical (unpaired) electrons. The van der Waals surface area contributed by atoms with Crippen LogP contribution in [0.4, 0.5) is 0 Å². The Hall–Kier alpha value is -2.64. The largest absolute Gasteiger partial charge is 0.507 e. The van der Waals surface area contributed by atoms with Crippen LogP contribution in [-0.2, 0) is 9.53 Å². The van der Waals surface area contributed by atoms with E-state index in [-0.39, 0.29) is 11.3 Å². The van der Waals surface area contributed by atoms with Gasteiger partial charge in [0, 0.05) is 11.6 Å². The number of aryl methyl sites for hydroxylation is 1. The molecule has 22 heavy (non-hydrogen) atoms. The quantitative estimate of drug-likeness (QED) is 0.664. The Labute approximate surface area is 129 Å². The van der Waals surface area contributed by atoms with Crippen LogP contribution in [0.25, 0.3) is 11.1 Å². The molecular weight excluding hydrogens is 276 g/mol. The molecule has 1 aromatic carbocycles. The topological polar surface area (TPSA) is 46.5 Å². The normalized spacial score (nSPS) is 19.0. The van der Waals surface area contributed by atoms with E-state index in [9.17, 15) is 9.90 Å². The SMILES string of the molecule is Cc1cc(C2=CC=[C+]C=C2)ccc1C1=C(O)C(C)(C)OC1=O. The summed E-state index contributed by atoms with van der Waals surface area (Å²) < 4.78 is 5.23. The number of cyclic esters (lactones) is 1. The zero-order chi connectivity index (χ0) is 15.9. The van der Waals surface area contributed by atoms with E-state index in [0.29, 0.717) is 5.56 Å². The molecule has 3 rings (SSSR count). The first-order chi connectivity index (χ1) is 10.4. The zero-order valence-corrected chi connectivity index (χ0v) is 12.8. The minimum atomic E-state index is -0.965. The van der Waals surface area contributed by atoms with Crippen LogP contribution in [0.15, 0.2) is 48.3 Å². The van der Waals surface area contributed by atoms with E-state index in [2.05, 4.69) is 6.08 Å². The van der Waals surface area contributed by atoms with Gasteiger partial charge in [0.1, 0.15) is 17.7 Å². The maximum atomic E-state index is 12.1. The summed E-state index contributed by atoms with van der Waals surface area (Å²) >= 11 is 0. The fourth-order valence-electron chi connectivity index (χ4n) is 2.67. The molecular formula is C19H17O3+. The van der Waals surface area contributed by atoms with Crippen molar-refractivity contribution in [3.05, 3.63) is 71.0 Å². The molecule has 0 unspecified atom stereocenters. The van der Waals surface area contributed by atoms with Crippen molar-refractivity contribution in [1.82, 2.24) is 0 Å². The van der Waals surface area contributed by atoms with Crippen LogP contribution >= 0.6 is 0 Å². The average Bonchev–Trinajstić information content (AvgIpc) is 2.69. The Kier molecular flexibility index (Phi) is 3.23. The smallest absolute Gasteiger partial charge is 0.343 e. The maximum Gasteiger partial charge on any atom is 0.343 e. The van der Waals surface area contributed by atoms with E-state index in [1.807, 2.05) is 49.4 Å². The van der Waals surface area contributed by atoms with E-state index in [1.54, 1.807) is 13.8 Å². The number of hydrogen-bond acceptors (Lipinski definition) is 3. The Balaban J connectivity index is 2.06. The van der Waals surface area contributed by atoms with Gasteiger partial charge in [-0.1, -0.05) is 12.1 Å². The summed E-state index contributed by atoms with van der Waals surface area (Å²) in [6.07, 6.45) is 10.7. The number of aliphatic hydroxyl groups excluding tert-OH is 1. The Morgan fingerprint density at radius 2 is 2.05 bits per heavy atom. The van der Waals surface area contributed by atoms with Gasteiger partial charge in [-0.15, -0.1) is 0 Å². The van der Waals surface area contributed by atoms with Crippen molar-refractivity contribution in [1.29, 1.82) is 0 Å². The van der Waals surface area contributed by atoms with E-state index in [0.717, 1.165) is 16.7 Å². The van der Waals surface area contributed by atoms with Crippen molar-refractivity contribution in [3.8, 4) is 0 Å². The summed E-state index contributed by atoms with van der Waals surface area (Å²) in [4.78, 5) is 12.1. The maximum absolute atomic E-state index is 12.1. The molecule has 3 nitrogen and oxygen atoms in total. The van der Waals surface area contributed by atoms with Gasteiger partial charge in [-0.3, -0.25) is 0 Å². The molecule has 0 spiro atoms. The average molecular weight is 293 g/mol. The Morgan fingerprint density at radius 1 is 1.27 bits per heavy atom. The summed E-state index contributed by atoms with van der Waals surface area (Å²) in [5.41, 5.74) is 3.06. The fraction of sp³-hybridized carbons (Fsp3) is 0.211. The minimum Gasteiger partial charge on any atom is -0.507 e. The predicted molar refractivity (Wildman–Crippen MR) is 85.8 cm³/mol. The molecule has 110 valence electrons. The summed E-state index contributed by atoms with van der Waals surface area (Å²) in [6, 6.07) is 5.80. The monoisotopic (exact) mass is 293 g/mol. The van der Waals surface area contributed by atoms with E-state index >= 15 is 0 Å². The first-order valence-electron chi connectivity index (χ1n) is 7.15. The van der Waals surface area contributed by atoms with Gasteiger partial charge in [-0.25, -0.2) is 4.79 Å². The third-order valence-corrected chi connectivity index (χ3v) is 3.91. The van der Waals surface area contributed by atoms with Crippen LogP contribution in [0.1, 0.15) is 30.5 Å². The van der Waals surface area contributed by atoms with E-state index in [4.69, 9.17) is 4.74 Å². The van der Waals surface area contributed by atoms with Crippen molar-refractivity contribution in [2.75, 3.05) is 0 Å². The second-order valence-corrected chi connectivity index (χ2v) is 5.94. The molecule has 1 aliphatic heterocycles.